The fraction of sp³-hybridized carbons (Fsp3) is 0.562. The molecule has 1 aromatic carbocycles. The van der Waals surface area contributed by atoms with Crippen molar-refractivity contribution in [1.82, 2.24) is 9.21 Å². The van der Waals surface area contributed by atoms with Crippen molar-refractivity contribution < 1.29 is 21.6 Å². The van der Waals surface area contributed by atoms with Crippen LogP contribution in [-0.4, -0.2) is 69.6 Å². The van der Waals surface area contributed by atoms with Gasteiger partial charge in [0, 0.05) is 31.7 Å². The van der Waals surface area contributed by atoms with Gasteiger partial charge in [-0.1, -0.05) is 13.8 Å². The van der Waals surface area contributed by atoms with E-state index < -0.39 is 19.9 Å². The van der Waals surface area contributed by atoms with Gasteiger partial charge in [-0.05, 0) is 30.7 Å². The van der Waals surface area contributed by atoms with Gasteiger partial charge in [0.05, 0.1) is 16.4 Å². The number of benzene rings is 1. The van der Waals surface area contributed by atoms with Gasteiger partial charge in [-0.25, -0.2) is 16.8 Å². The third-order valence-electron chi connectivity index (χ3n) is 4.52. The second-order valence-corrected chi connectivity index (χ2v) is 10.3. The number of nitrogens with zero attached hydrogens (tertiary/aromatic N) is 2. The Kier molecular flexibility index (Phi) is 5.90. The molecule has 1 atom stereocenters. The number of hydrogen-bond donors (Lipinski definition) is 0. The van der Waals surface area contributed by atoms with Crippen molar-refractivity contribution in [3.63, 3.8) is 0 Å². The van der Waals surface area contributed by atoms with Gasteiger partial charge in [-0.2, -0.15) is 4.31 Å². The van der Waals surface area contributed by atoms with Gasteiger partial charge < -0.3 is 4.90 Å². The molecule has 25 heavy (non-hydrogen) atoms. The van der Waals surface area contributed by atoms with E-state index in [1.54, 1.807) is 20.9 Å². The minimum atomic E-state index is -3.57. The highest BCUT2D eigenvalue weighted by molar-refractivity contribution is 7.91. The summed E-state index contributed by atoms with van der Waals surface area (Å²) in [6.07, 6.45) is 0.430. The van der Waals surface area contributed by atoms with Crippen LogP contribution >= 0.6 is 0 Å². The third kappa shape index (κ3) is 4.21. The molecule has 0 unspecified atom stereocenters. The van der Waals surface area contributed by atoms with E-state index in [1.165, 1.54) is 33.5 Å². The minimum absolute atomic E-state index is 0.0241. The molecule has 0 bridgehead atoms. The number of carbonyl (C=O) groups is 1. The molecular formula is C16H24N2O5S2. The van der Waals surface area contributed by atoms with E-state index in [4.69, 9.17) is 0 Å². The van der Waals surface area contributed by atoms with Crippen LogP contribution < -0.4 is 0 Å². The number of hydrogen-bond acceptors (Lipinski definition) is 5. The first-order valence-electron chi connectivity index (χ1n) is 8.20. The number of sulfone groups is 1. The van der Waals surface area contributed by atoms with Crippen molar-refractivity contribution in [3.05, 3.63) is 29.8 Å². The van der Waals surface area contributed by atoms with Crippen molar-refractivity contribution in [2.75, 3.05) is 31.6 Å². The molecule has 0 aliphatic carbocycles. The van der Waals surface area contributed by atoms with Crippen LogP contribution in [0.1, 0.15) is 30.6 Å². The summed E-state index contributed by atoms with van der Waals surface area (Å²) in [6, 6.07) is 5.44. The van der Waals surface area contributed by atoms with E-state index >= 15 is 0 Å². The van der Waals surface area contributed by atoms with Crippen LogP contribution in [0, 0.1) is 0 Å². The lowest BCUT2D eigenvalue weighted by Crippen LogP contribution is -2.37. The predicted molar refractivity (Wildman–Crippen MR) is 95.7 cm³/mol. The zero-order valence-corrected chi connectivity index (χ0v) is 16.3. The Bertz CT molecular complexity index is 828. The first-order valence-corrected chi connectivity index (χ1v) is 11.5. The maximum absolute atomic E-state index is 12.5. The predicted octanol–water partition coefficient (Wildman–Crippen LogP) is 0.976. The normalized spacial score (nSPS) is 19.9. The Morgan fingerprint density at radius 3 is 2.16 bits per heavy atom. The SMILES string of the molecule is CCN(CC)S(=O)(=O)c1ccc(C(=O)N(C)[C@H]2CCS(=O)(=O)C2)cc1. The number of sulfonamides is 1. The van der Waals surface area contributed by atoms with Crippen molar-refractivity contribution >= 4 is 25.8 Å². The van der Waals surface area contributed by atoms with Gasteiger partial charge in [0.1, 0.15) is 0 Å². The summed E-state index contributed by atoms with van der Waals surface area (Å²) in [5.41, 5.74) is 0.338. The number of amides is 1. The van der Waals surface area contributed by atoms with Crippen LogP contribution in [0.4, 0.5) is 0 Å². The molecule has 1 fully saturated rings. The topological polar surface area (TPSA) is 91.8 Å². The zero-order chi connectivity index (χ0) is 18.8. The Labute approximate surface area is 149 Å². The highest BCUT2D eigenvalue weighted by atomic mass is 32.2. The van der Waals surface area contributed by atoms with E-state index in [2.05, 4.69) is 0 Å². The van der Waals surface area contributed by atoms with Gasteiger partial charge in [0.2, 0.25) is 10.0 Å². The fourth-order valence-electron chi connectivity index (χ4n) is 2.93. The summed E-state index contributed by atoms with van der Waals surface area (Å²) >= 11 is 0. The van der Waals surface area contributed by atoms with Crippen LogP contribution in [0.25, 0.3) is 0 Å². The third-order valence-corrected chi connectivity index (χ3v) is 8.34. The van der Waals surface area contributed by atoms with Gasteiger partial charge in [0.25, 0.3) is 5.91 Å². The quantitative estimate of drug-likeness (QED) is 0.724. The first-order chi connectivity index (χ1) is 11.6. The molecule has 1 amide bonds. The van der Waals surface area contributed by atoms with Crippen LogP contribution in [0.15, 0.2) is 29.2 Å². The molecule has 0 saturated carbocycles. The number of rotatable bonds is 6. The lowest BCUT2D eigenvalue weighted by Gasteiger charge is -2.23. The fourth-order valence-corrected chi connectivity index (χ4v) is 6.16. The molecule has 0 N–H and O–H groups in total. The maximum atomic E-state index is 12.5. The molecule has 0 spiro atoms. The lowest BCUT2D eigenvalue weighted by molar-refractivity contribution is 0.0747. The maximum Gasteiger partial charge on any atom is 0.253 e. The molecule has 1 aliphatic heterocycles. The second kappa shape index (κ2) is 7.43. The van der Waals surface area contributed by atoms with E-state index in [-0.39, 0.29) is 28.4 Å². The largest absolute Gasteiger partial charge is 0.338 e. The first kappa shape index (κ1) is 19.9. The summed E-state index contributed by atoms with van der Waals surface area (Å²) in [5, 5.41) is 0. The lowest BCUT2D eigenvalue weighted by atomic mass is 10.1. The van der Waals surface area contributed by atoms with Crippen molar-refractivity contribution in [3.8, 4) is 0 Å². The molecule has 1 aromatic rings. The minimum Gasteiger partial charge on any atom is -0.338 e. The molecule has 1 heterocycles. The van der Waals surface area contributed by atoms with Gasteiger partial charge in [-0.3, -0.25) is 4.79 Å². The Hall–Kier alpha value is -1.45. The second-order valence-electron chi connectivity index (χ2n) is 6.09. The van der Waals surface area contributed by atoms with Crippen molar-refractivity contribution in [2.24, 2.45) is 0 Å². The molecule has 140 valence electrons. The van der Waals surface area contributed by atoms with Gasteiger partial charge >= 0.3 is 0 Å². The van der Waals surface area contributed by atoms with Crippen molar-refractivity contribution in [2.45, 2.75) is 31.2 Å². The molecule has 2 rings (SSSR count). The molecule has 0 radical (unpaired) electrons. The average Bonchev–Trinajstić information content (AvgIpc) is 2.94. The Morgan fingerprint density at radius 1 is 1.16 bits per heavy atom. The zero-order valence-electron chi connectivity index (χ0n) is 14.7. The van der Waals surface area contributed by atoms with Crippen LogP contribution in [0.2, 0.25) is 0 Å². The van der Waals surface area contributed by atoms with Gasteiger partial charge in [-0.15, -0.1) is 0 Å². The molecule has 1 saturated heterocycles. The summed E-state index contributed by atoms with van der Waals surface area (Å²) in [4.78, 5) is 14.1. The van der Waals surface area contributed by atoms with Gasteiger partial charge in [0.15, 0.2) is 9.84 Å². The Balaban J connectivity index is 2.18. The smallest absolute Gasteiger partial charge is 0.253 e. The van der Waals surface area contributed by atoms with Crippen molar-refractivity contribution in [1.29, 1.82) is 0 Å². The summed E-state index contributed by atoms with van der Waals surface area (Å²) < 4.78 is 49.4. The molecule has 7 nitrogen and oxygen atoms in total. The molecule has 9 heteroatoms. The average molecular weight is 389 g/mol. The monoisotopic (exact) mass is 388 g/mol. The molecule has 1 aliphatic rings. The number of carbonyl (C=O) groups excluding carboxylic acids is 1. The van der Waals surface area contributed by atoms with E-state index in [9.17, 15) is 21.6 Å². The highest BCUT2D eigenvalue weighted by Crippen LogP contribution is 2.20. The standard InChI is InChI=1S/C16H24N2O5S2/c1-4-18(5-2)25(22,23)15-8-6-13(7-9-15)16(19)17(3)14-10-11-24(20,21)12-14/h6-9,14H,4-5,10-12H2,1-3H3/t14-/m0/s1. The molecule has 0 aromatic heterocycles. The highest BCUT2D eigenvalue weighted by Gasteiger charge is 2.33. The van der Waals surface area contributed by atoms with E-state index in [0.717, 1.165) is 0 Å². The van der Waals surface area contributed by atoms with E-state index in [1.807, 2.05) is 0 Å². The Morgan fingerprint density at radius 2 is 1.72 bits per heavy atom. The summed E-state index contributed by atoms with van der Waals surface area (Å²) in [6.45, 7) is 4.28. The summed E-state index contributed by atoms with van der Waals surface area (Å²) in [7, 11) is -5.06. The van der Waals surface area contributed by atoms with Crippen LogP contribution in [-0.2, 0) is 19.9 Å². The summed E-state index contributed by atoms with van der Waals surface area (Å²) in [5.74, 6) is -0.242. The van der Waals surface area contributed by atoms with E-state index in [0.29, 0.717) is 25.1 Å². The van der Waals surface area contributed by atoms with Crippen LogP contribution in [0.5, 0.6) is 0 Å². The molecular weight excluding hydrogens is 364 g/mol. The van der Waals surface area contributed by atoms with Crippen LogP contribution in [0.3, 0.4) is 0 Å².